The second-order valence-electron chi connectivity index (χ2n) is 7.17. The molecule has 0 radical (unpaired) electrons. The van der Waals surface area contributed by atoms with Crippen molar-refractivity contribution < 1.29 is 23.4 Å². The molecule has 160 valence electrons. The van der Waals surface area contributed by atoms with Crippen LogP contribution in [-0.4, -0.2) is 24.4 Å². The van der Waals surface area contributed by atoms with Crippen LogP contribution in [0, 0.1) is 13.8 Å². The molecule has 1 N–H and O–H groups in total. The SMILES string of the molecule is Cc1cc(=O)oc2cc(OCC(O)COc3ccc4c(C)c(Cl)c(=O)oc4c3)ccc12. The summed E-state index contributed by atoms with van der Waals surface area (Å²) < 4.78 is 21.6. The Labute approximate surface area is 181 Å². The average Bonchev–Trinajstić information content (AvgIpc) is 2.74. The van der Waals surface area contributed by atoms with Crippen molar-refractivity contribution in [3.63, 3.8) is 0 Å². The van der Waals surface area contributed by atoms with E-state index in [1.807, 2.05) is 6.92 Å². The molecule has 1 atom stereocenters. The molecule has 0 amide bonds. The van der Waals surface area contributed by atoms with Gasteiger partial charge in [0.2, 0.25) is 0 Å². The van der Waals surface area contributed by atoms with Gasteiger partial charge in [0, 0.05) is 29.0 Å². The van der Waals surface area contributed by atoms with Crippen molar-refractivity contribution in [2.75, 3.05) is 13.2 Å². The summed E-state index contributed by atoms with van der Waals surface area (Å²) in [4.78, 5) is 23.3. The third kappa shape index (κ3) is 4.42. The molecule has 0 spiro atoms. The van der Waals surface area contributed by atoms with Gasteiger partial charge < -0.3 is 23.4 Å². The zero-order chi connectivity index (χ0) is 22.1. The van der Waals surface area contributed by atoms with Crippen LogP contribution in [0.3, 0.4) is 0 Å². The third-order valence-corrected chi connectivity index (χ3v) is 5.31. The second-order valence-corrected chi connectivity index (χ2v) is 7.55. The predicted molar refractivity (Wildman–Crippen MR) is 116 cm³/mol. The van der Waals surface area contributed by atoms with Gasteiger partial charge in [-0.15, -0.1) is 0 Å². The molecule has 0 aliphatic heterocycles. The van der Waals surface area contributed by atoms with Crippen molar-refractivity contribution in [3.05, 3.63) is 79.5 Å². The molecule has 0 fully saturated rings. The molecular formula is C23H19ClO7. The molecule has 2 aromatic heterocycles. The highest BCUT2D eigenvalue weighted by Crippen LogP contribution is 2.26. The predicted octanol–water partition coefficient (Wildman–Crippen LogP) is 3.99. The zero-order valence-electron chi connectivity index (χ0n) is 16.8. The highest BCUT2D eigenvalue weighted by atomic mass is 35.5. The second kappa shape index (κ2) is 8.45. The minimum absolute atomic E-state index is 0.0288. The fourth-order valence-corrected chi connectivity index (χ4v) is 3.37. The van der Waals surface area contributed by atoms with Crippen LogP contribution in [0.25, 0.3) is 21.9 Å². The number of halogens is 1. The smallest absolute Gasteiger partial charge is 0.355 e. The van der Waals surface area contributed by atoms with Crippen molar-refractivity contribution in [3.8, 4) is 11.5 Å². The lowest BCUT2D eigenvalue weighted by Gasteiger charge is -2.14. The van der Waals surface area contributed by atoms with Crippen LogP contribution < -0.4 is 20.7 Å². The molecular weight excluding hydrogens is 424 g/mol. The number of rotatable bonds is 6. The standard InChI is InChI=1S/C23H19ClO7/c1-12-7-21(26)30-19-8-15(3-5-17(12)19)28-10-14(25)11-29-16-4-6-18-13(2)22(24)23(27)31-20(18)9-16/h3-9,14,25H,10-11H2,1-2H3. The first-order chi connectivity index (χ1) is 14.8. The van der Waals surface area contributed by atoms with E-state index in [9.17, 15) is 14.7 Å². The monoisotopic (exact) mass is 442 g/mol. The molecule has 4 aromatic rings. The van der Waals surface area contributed by atoms with Gasteiger partial charge in [0.25, 0.3) is 0 Å². The molecule has 8 heteroatoms. The molecule has 2 heterocycles. The number of hydrogen-bond acceptors (Lipinski definition) is 7. The summed E-state index contributed by atoms with van der Waals surface area (Å²) in [5.74, 6) is 0.888. The Morgan fingerprint density at radius 3 is 2.13 bits per heavy atom. The summed E-state index contributed by atoms with van der Waals surface area (Å²) in [7, 11) is 0. The Hall–Kier alpha value is -3.29. The molecule has 0 bridgehead atoms. The van der Waals surface area contributed by atoms with E-state index in [0.29, 0.717) is 33.6 Å². The van der Waals surface area contributed by atoms with Gasteiger partial charge in [-0.2, -0.15) is 0 Å². The van der Waals surface area contributed by atoms with Gasteiger partial charge in [-0.25, -0.2) is 9.59 Å². The summed E-state index contributed by atoms with van der Waals surface area (Å²) >= 11 is 5.93. The Bertz CT molecular complexity index is 1390. The van der Waals surface area contributed by atoms with Crippen molar-refractivity contribution in [1.29, 1.82) is 0 Å². The topological polar surface area (TPSA) is 99.1 Å². The number of fused-ring (bicyclic) bond motifs is 2. The molecule has 0 aliphatic rings. The van der Waals surface area contributed by atoms with E-state index in [0.717, 1.165) is 10.9 Å². The van der Waals surface area contributed by atoms with Gasteiger partial charge in [0.1, 0.15) is 47.0 Å². The number of ether oxygens (including phenoxy) is 2. The normalized spacial score (nSPS) is 12.3. The fraction of sp³-hybridized carbons (Fsp3) is 0.217. The van der Waals surface area contributed by atoms with Gasteiger partial charge >= 0.3 is 11.3 Å². The molecule has 7 nitrogen and oxygen atoms in total. The lowest BCUT2D eigenvalue weighted by atomic mass is 10.1. The van der Waals surface area contributed by atoms with E-state index >= 15 is 0 Å². The van der Waals surface area contributed by atoms with Crippen LogP contribution in [-0.2, 0) is 0 Å². The molecule has 31 heavy (non-hydrogen) atoms. The number of hydrogen-bond donors (Lipinski definition) is 1. The van der Waals surface area contributed by atoms with Crippen LogP contribution in [0.4, 0.5) is 0 Å². The minimum Gasteiger partial charge on any atom is -0.491 e. The maximum atomic E-state index is 11.8. The minimum atomic E-state index is -0.921. The molecule has 0 aliphatic carbocycles. The Kier molecular flexibility index (Phi) is 5.71. The number of aliphatic hydroxyl groups excluding tert-OH is 1. The maximum absolute atomic E-state index is 11.8. The van der Waals surface area contributed by atoms with Gasteiger partial charge in [0.15, 0.2) is 0 Å². The Morgan fingerprint density at radius 1 is 0.903 bits per heavy atom. The third-order valence-electron chi connectivity index (χ3n) is 4.88. The fourth-order valence-electron chi connectivity index (χ4n) is 3.23. The zero-order valence-corrected chi connectivity index (χ0v) is 17.6. The molecule has 2 aromatic carbocycles. The van der Waals surface area contributed by atoms with Crippen molar-refractivity contribution in [2.45, 2.75) is 20.0 Å². The molecule has 0 saturated carbocycles. The van der Waals surface area contributed by atoms with E-state index < -0.39 is 17.4 Å². The summed E-state index contributed by atoms with van der Waals surface area (Å²) in [6.45, 7) is 3.50. The summed E-state index contributed by atoms with van der Waals surface area (Å²) in [5.41, 5.74) is 1.17. The summed E-state index contributed by atoms with van der Waals surface area (Å²) in [5, 5.41) is 11.8. The van der Waals surface area contributed by atoms with Crippen LogP contribution in [0.15, 0.2) is 60.9 Å². The van der Waals surface area contributed by atoms with Crippen LogP contribution in [0.1, 0.15) is 11.1 Å². The van der Waals surface area contributed by atoms with Crippen LogP contribution in [0.5, 0.6) is 11.5 Å². The number of benzene rings is 2. The van der Waals surface area contributed by atoms with Gasteiger partial charge in [-0.1, -0.05) is 11.6 Å². The van der Waals surface area contributed by atoms with Gasteiger partial charge in [-0.05, 0) is 49.2 Å². The van der Waals surface area contributed by atoms with E-state index in [4.69, 9.17) is 29.9 Å². The van der Waals surface area contributed by atoms with Crippen LogP contribution >= 0.6 is 11.6 Å². The van der Waals surface area contributed by atoms with Gasteiger partial charge in [0.05, 0.1) is 0 Å². The molecule has 1 unspecified atom stereocenters. The highest BCUT2D eigenvalue weighted by molar-refractivity contribution is 6.31. The molecule has 0 saturated heterocycles. The molecule has 4 rings (SSSR count). The largest absolute Gasteiger partial charge is 0.491 e. The van der Waals surface area contributed by atoms with E-state index in [1.54, 1.807) is 43.3 Å². The van der Waals surface area contributed by atoms with Gasteiger partial charge in [-0.3, -0.25) is 0 Å². The van der Waals surface area contributed by atoms with E-state index in [2.05, 4.69) is 0 Å². The Morgan fingerprint density at radius 2 is 1.48 bits per heavy atom. The first-order valence-corrected chi connectivity index (χ1v) is 9.91. The van der Waals surface area contributed by atoms with Crippen molar-refractivity contribution in [1.82, 2.24) is 0 Å². The highest BCUT2D eigenvalue weighted by Gasteiger charge is 2.12. The quantitative estimate of drug-likeness (QED) is 0.451. The first kappa shape index (κ1) is 21.0. The number of aryl methyl sites for hydroxylation is 2. The van der Waals surface area contributed by atoms with Crippen molar-refractivity contribution in [2.24, 2.45) is 0 Å². The summed E-state index contributed by atoms with van der Waals surface area (Å²) in [6, 6.07) is 11.6. The summed E-state index contributed by atoms with van der Waals surface area (Å²) in [6.07, 6.45) is -0.921. The Balaban J connectivity index is 1.40. The lowest BCUT2D eigenvalue weighted by Crippen LogP contribution is -2.25. The van der Waals surface area contributed by atoms with E-state index in [1.165, 1.54) is 6.07 Å². The van der Waals surface area contributed by atoms with E-state index in [-0.39, 0.29) is 18.2 Å². The van der Waals surface area contributed by atoms with Crippen molar-refractivity contribution >= 4 is 33.5 Å². The first-order valence-electron chi connectivity index (χ1n) is 9.53. The maximum Gasteiger partial charge on any atom is 0.355 e. The lowest BCUT2D eigenvalue weighted by molar-refractivity contribution is 0.0627. The van der Waals surface area contributed by atoms with Crippen LogP contribution in [0.2, 0.25) is 5.02 Å². The number of aliphatic hydroxyl groups is 1. The average molecular weight is 443 g/mol.